The van der Waals surface area contributed by atoms with Gasteiger partial charge in [0.25, 0.3) is 22.0 Å². The molecule has 2 aliphatic heterocycles. The topological polar surface area (TPSA) is 304 Å². The van der Waals surface area contributed by atoms with Gasteiger partial charge in [-0.2, -0.15) is 8.42 Å². The number of oxime groups is 1. The lowest BCUT2D eigenvalue weighted by atomic mass is 10.0. The number of anilines is 2. The van der Waals surface area contributed by atoms with Gasteiger partial charge in [-0.3, -0.25) is 19.1 Å². The molecule has 0 saturated carbocycles. The molecule has 20 nitrogen and oxygen atoms in total. The van der Waals surface area contributed by atoms with Crippen molar-refractivity contribution < 1.29 is 47.2 Å². The molecule has 48 heavy (non-hydrogen) atoms. The van der Waals surface area contributed by atoms with Gasteiger partial charge in [0, 0.05) is 24.4 Å². The van der Waals surface area contributed by atoms with E-state index in [-0.39, 0.29) is 52.2 Å². The van der Waals surface area contributed by atoms with Crippen LogP contribution in [0.4, 0.5) is 11.1 Å². The maximum absolute atomic E-state index is 13.4. The molecule has 0 aliphatic carbocycles. The Balaban J connectivity index is 1.38. The van der Waals surface area contributed by atoms with Crippen LogP contribution in [-0.2, 0) is 47.3 Å². The van der Waals surface area contributed by atoms with Crippen molar-refractivity contribution >= 4 is 96.6 Å². The first-order valence-corrected chi connectivity index (χ1v) is 17.4. The van der Waals surface area contributed by atoms with Gasteiger partial charge in [-0.25, -0.2) is 29.0 Å². The monoisotopic (exact) mass is 744 g/mol. The lowest BCUT2D eigenvalue weighted by molar-refractivity contribution is -0.664. The molecular weight excluding hydrogens is 718 g/mol. The zero-order valence-corrected chi connectivity index (χ0v) is 27.8. The predicted octanol–water partition coefficient (Wildman–Crippen LogP) is -1.98. The van der Waals surface area contributed by atoms with Gasteiger partial charge in [-0.15, -0.1) is 11.8 Å². The van der Waals surface area contributed by atoms with Crippen molar-refractivity contribution in [3.8, 4) is 0 Å². The SMILES string of the molecule is C[C@H](ON=C(C(=O)N[C@@H]1C(=O)N2C(C(=O)O)=C(C[n+]3cccc4c3nc(N)n4CCNS(N)(=O)=O)CSC12)c1nc(N)sc1Cl)C(=O)O. The molecule has 256 valence electrons. The minimum absolute atomic E-state index is 0.00499. The molecule has 0 aromatic carbocycles. The van der Waals surface area contributed by atoms with Crippen molar-refractivity contribution in [1.29, 1.82) is 0 Å². The normalized spacial score (nSPS) is 18.8. The van der Waals surface area contributed by atoms with Crippen LogP contribution in [0, 0.1) is 0 Å². The second-order valence-electron chi connectivity index (χ2n) is 10.2. The Morgan fingerprint density at radius 3 is 2.65 bits per heavy atom. The molecule has 0 spiro atoms. The van der Waals surface area contributed by atoms with Gasteiger partial charge in [0.05, 0.1) is 6.20 Å². The Hall–Kier alpha value is -4.55. The minimum Gasteiger partial charge on any atom is -0.478 e. The Morgan fingerprint density at radius 1 is 1.29 bits per heavy atom. The van der Waals surface area contributed by atoms with E-state index in [1.54, 1.807) is 27.5 Å². The molecule has 10 N–H and O–H groups in total. The number of nitrogen functional groups attached to an aromatic ring is 2. The number of aliphatic carboxylic acids is 2. The lowest BCUT2D eigenvalue weighted by Gasteiger charge is -2.49. The van der Waals surface area contributed by atoms with Gasteiger partial charge >= 0.3 is 23.5 Å². The molecular formula is C24H27ClN11O9S3+. The molecule has 1 saturated heterocycles. The summed E-state index contributed by atoms with van der Waals surface area (Å²) in [6, 6.07) is 2.19. The number of nitrogens with zero attached hydrogens (tertiary/aromatic N) is 6. The highest BCUT2D eigenvalue weighted by Crippen LogP contribution is 2.40. The predicted molar refractivity (Wildman–Crippen MR) is 171 cm³/mol. The Kier molecular flexibility index (Phi) is 9.79. The van der Waals surface area contributed by atoms with Gasteiger partial charge in [0.2, 0.25) is 6.10 Å². The summed E-state index contributed by atoms with van der Waals surface area (Å²) in [5.41, 5.74) is 12.1. The summed E-state index contributed by atoms with van der Waals surface area (Å²) in [5, 5.41) is 29.6. The van der Waals surface area contributed by atoms with Gasteiger partial charge in [-0.1, -0.05) is 28.1 Å². The number of carbonyl (C=O) groups excluding carboxylic acids is 2. The van der Waals surface area contributed by atoms with Gasteiger partial charge in [-0.05, 0) is 24.0 Å². The molecule has 2 aliphatic rings. The smallest absolute Gasteiger partial charge is 0.352 e. The first-order chi connectivity index (χ1) is 22.6. The second kappa shape index (κ2) is 13.5. The number of carboxylic acid groups (broad SMARTS) is 2. The number of nitrogens with one attached hydrogen (secondary N) is 2. The van der Waals surface area contributed by atoms with Crippen LogP contribution in [0.15, 0.2) is 34.8 Å². The zero-order valence-electron chi connectivity index (χ0n) is 24.6. The van der Waals surface area contributed by atoms with Gasteiger partial charge in [0.1, 0.15) is 39.2 Å². The quantitative estimate of drug-likeness (QED) is 0.0432. The number of thiazole rings is 1. The van der Waals surface area contributed by atoms with Crippen LogP contribution in [0.25, 0.3) is 11.2 Å². The molecule has 0 radical (unpaired) electrons. The highest BCUT2D eigenvalue weighted by molar-refractivity contribution is 8.00. The van der Waals surface area contributed by atoms with Crippen LogP contribution in [-0.4, -0.2) is 97.3 Å². The Bertz CT molecular complexity index is 2010. The van der Waals surface area contributed by atoms with E-state index in [1.165, 1.54) is 18.7 Å². The number of hydrogen-bond acceptors (Lipinski definition) is 14. The zero-order chi connectivity index (χ0) is 35.1. The minimum atomic E-state index is -3.92. The van der Waals surface area contributed by atoms with Crippen molar-refractivity contribution in [2.45, 2.75) is 37.5 Å². The van der Waals surface area contributed by atoms with E-state index in [2.05, 4.69) is 25.2 Å². The number of rotatable bonds is 13. The van der Waals surface area contributed by atoms with Crippen LogP contribution in [0.2, 0.25) is 4.34 Å². The molecule has 5 rings (SSSR count). The number of imidazole rings is 1. The van der Waals surface area contributed by atoms with Crippen molar-refractivity contribution in [3.05, 3.63) is 39.6 Å². The van der Waals surface area contributed by atoms with E-state index in [1.807, 2.05) is 0 Å². The number of hydrogen-bond donors (Lipinski definition) is 7. The van der Waals surface area contributed by atoms with E-state index in [4.69, 9.17) is 38.2 Å². The van der Waals surface area contributed by atoms with Gasteiger partial charge < -0.3 is 31.8 Å². The van der Waals surface area contributed by atoms with Crippen LogP contribution < -0.4 is 31.2 Å². The maximum atomic E-state index is 13.4. The summed E-state index contributed by atoms with van der Waals surface area (Å²) >= 11 is 8.18. The van der Waals surface area contributed by atoms with E-state index in [0.29, 0.717) is 16.7 Å². The molecule has 3 atom stereocenters. The number of carbonyl (C=O) groups is 4. The average Bonchev–Trinajstić information content (AvgIpc) is 3.51. The maximum Gasteiger partial charge on any atom is 0.352 e. The first kappa shape index (κ1) is 34.8. The summed E-state index contributed by atoms with van der Waals surface area (Å²) in [4.78, 5) is 64.7. The summed E-state index contributed by atoms with van der Waals surface area (Å²) in [7, 11) is -3.92. The van der Waals surface area contributed by atoms with E-state index >= 15 is 0 Å². The third-order valence-corrected chi connectivity index (χ3v) is 10.1. The Morgan fingerprint density at radius 2 is 2.02 bits per heavy atom. The molecule has 0 bridgehead atoms. The number of fused-ring (bicyclic) bond motifs is 2. The summed E-state index contributed by atoms with van der Waals surface area (Å²) in [6.45, 7) is 1.23. The fourth-order valence-corrected chi connectivity index (χ4v) is 7.51. The van der Waals surface area contributed by atoms with Crippen LogP contribution in [0.3, 0.4) is 0 Å². The van der Waals surface area contributed by atoms with Crippen molar-refractivity contribution in [2.24, 2.45) is 10.3 Å². The third-order valence-electron chi connectivity index (χ3n) is 7.04. The molecule has 1 unspecified atom stereocenters. The van der Waals surface area contributed by atoms with Crippen LogP contribution >= 0.6 is 34.7 Å². The highest BCUT2D eigenvalue weighted by Gasteiger charge is 2.54. The van der Waals surface area contributed by atoms with Crippen molar-refractivity contribution in [3.63, 3.8) is 0 Å². The number of pyridine rings is 1. The summed E-state index contributed by atoms with van der Waals surface area (Å²) in [6.07, 6.45) is 0.205. The molecule has 24 heteroatoms. The van der Waals surface area contributed by atoms with Crippen molar-refractivity contribution in [2.75, 3.05) is 23.8 Å². The lowest BCUT2D eigenvalue weighted by Crippen LogP contribution is -2.71. The number of thioether (sulfide) groups is 1. The molecule has 5 heterocycles. The number of halogens is 1. The first-order valence-electron chi connectivity index (χ1n) is 13.6. The van der Waals surface area contributed by atoms with E-state index in [0.717, 1.165) is 16.2 Å². The molecule has 3 aromatic heterocycles. The van der Waals surface area contributed by atoms with Crippen LogP contribution in [0.5, 0.6) is 0 Å². The molecule has 1 fully saturated rings. The number of amides is 2. The average molecular weight is 745 g/mol. The fourth-order valence-electron chi connectivity index (χ4n) is 4.87. The van der Waals surface area contributed by atoms with Crippen LogP contribution in [0.1, 0.15) is 12.6 Å². The van der Waals surface area contributed by atoms with Gasteiger partial charge in [0.15, 0.2) is 10.8 Å². The summed E-state index contributed by atoms with van der Waals surface area (Å²) < 4.78 is 27.8. The highest BCUT2D eigenvalue weighted by atomic mass is 35.5. The largest absolute Gasteiger partial charge is 0.478 e. The van der Waals surface area contributed by atoms with E-state index in [9.17, 15) is 32.7 Å². The third kappa shape index (κ3) is 7.00. The second-order valence-corrected chi connectivity index (χ2v) is 14.3. The number of nitrogens with two attached hydrogens (primary N) is 3. The molecule has 2 amide bonds. The summed E-state index contributed by atoms with van der Waals surface area (Å²) in [5.74, 6) is -4.22. The Labute approximate surface area is 283 Å². The number of aromatic nitrogens is 4. The number of β-lactam (4-membered cyclic amide) rings is 1. The molecule has 3 aromatic rings. The van der Waals surface area contributed by atoms with E-state index < -0.39 is 57.2 Å². The fraction of sp³-hybridized carbons (Fsp3) is 0.333. The standard InChI is InChI=1S/C24H26ClN11O9S3/c1-9(21(39)40)45-33-13(12-16(25)47-24(27)31-12)18(37)30-14-19(38)36-15(22(41)42)10(8-46-20(14)36)7-34-5-2-3-11-17(34)32-23(26)35(11)6-4-29-48(28,43)44/h2-3,5,9,14,20,26,29H,4,6-8H2,1H3,(H7,27,28,30,31,37,39,40,41,42,43,44)/p+1/t9-,14+,20?/m0/s1. The number of carboxylic acids is 2. The van der Waals surface area contributed by atoms with Crippen molar-refractivity contribution in [1.82, 2.24) is 29.5 Å².